The first-order chi connectivity index (χ1) is 10.5. The molecule has 2 N–H and O–H groups in total. The van der Waals surface area contributed by atoms with Crippen LogP contribution in [0.15, 0.2) is 51.7 Å². The number of hydrogen-bond donors (Lipinski definition) is 2. The molecular weight excluding hydrogens is 290 g/mol. The van der Waals surface area contributed by atoms with Gasteiger partial charge in [0.25, 0.3) is 5.69 Å². The Hall–Kier alpha value is -3.35. The highest BCUT2D eigenvalue weighted by atomic mass is 16.6. The molecule has 0 spiro atoms. The Kier molecular flexibility index (Phi) is 3.03. The lowest BCUT2D eigenvalue weighted by molar-refractivity contribution is -0.384. The van der Waals surface area contributed by atoms with Crippen molar-refractivity contribution in [1.29, 1.82) is 0 Å². The van der Waals surface area contributed by atoms with Crippen LogP contribution in [0.5, 0.6) is 11.5 Å². The molecule has 3 aromatic rings. The van der Waals surface area contributed by atoms with Gasteiger partial charge in [0.05, 0.1) is 10.3 Å². The Labute approximate surface area is 122 Å². The molecule has 3 rings (SSSR count). The maximum atomic E-state index is 12.0. The van der Waals surface area contributed by atoms with Gasteiger partial charge in [0.1, 0.15) is 22.6 Å². The predicted octanol–water partition coefficient (Wildman–Crippen LogP) is 2.78. The van der Waals surface area contributed by atoms with Crippen molar-refractivity contribution in [3.63, 3.8) is 0 Å². The van der Waals surface area contributed by atoms with Crippen LogP contribution in [-0.2, 0) is 0 Å². The average molecular weight is 299 g/mol. The fourth-order valence-electron chi connectivity index (χ4n) is 2.18. The first-order valence-corrected chi connectivity index (χ1v) is 6.21. The van der Waals surface area contributed by atoms with Crippen LogP contribution in [0.2, 0.25) is 0 Å². The number of rotatable bonds is 2. The van der Waals surface area contributed by atoms with E-state index in [9.17, 15) is 25.1 Å². The molecule has 7 nitrogen and oxygen atoms in total. The molecule has 7 heteroatoms. The van der Waals surface area contributed by atoms with Crippen molar-refractivity contribution in [2.75, 3.05) is 0 Å². The zero-order chi connectivity index (χ0) is 15.9. The normalized spacial score (nSPS) is 10.7. The van der Waals surface area contributed by atoms with E-state index in [2.05, 4.69) is 0 Å². The molecule has 0 aliphatic heterocycles. The van der Waals surface area contributed by atoms with Gasteiger partial charge in [0.15, 0.2) is 0 Å². The summed E-state index contributed by atoms with van der Waals surface area (Å²) in [7, 11) is 0. The number of benzene rings is 2. The molecule has 0 amide bonds. The molecule has 0 aliphatic carbocycles. The van der Waals surface area contributed by atoms with Crippen LogP contribution in [0, 0.1) is 10.1 Å². The van der Waals surface area contributed by atoms with Crippen LogP contribution in [0.3, 0.4) is 0 Å². The zero-order valence-electron chi connectivity index (χ0n) is 11.0. The number of nitrogens with zero attached hydrogens (tertiary/aromatic N) is 1. The van der Waals surface area contributed by atoms with Gasteiger partial charge in [-0.25, -0.2) is 4.79 Å². The second-order valence-electron chi connectivity index (χ2n) is 4.60. The summed E-state index contributed by atoms with van der Waals surface area (Å²) in [6.07, 6.45) is 0. The van der Waals surface area contributed by atoms with Crippen LogP contribution in [0.25, 0.3) is 22.1 Å². The maximum Gasteiger partial charge on any atom is 0.347 e. The summed E-state index contributed by atoms with van der Waals surface area (Å²) in [6, 6.07) is 9.16. The third-order valence-corrected chi connectivity index (χ3v) is 3.23. The second-order valence-corrected chi connectivity index (χ2v) is 4.60. The zero-order valence-corrected chi connectivity index (χ0v) is 11.0. The van der Waals surface area contributed by atoms with Gasteiger partial charge in [-0.3, -0.25) is 10.1 Å². The minimum Gasteiger partial charge on any atom is -0.508 e. The Morgan fingerprint density at radius 2 is 1.73 bits per heavy atom. The van der Waals surface area contributed by atoms with Crippen molar-refractivity contribution in [2.45, 2.75) is 0 Å². The van der Waals surface area contributed by atoms with Gasteiger partial charge in [0.2, 0.25) is 0 Å². The molecule has 0 atom stereocenters. The Morgan fingerprint density at radius 1 is 1.05 bits per heavy atom. The summed E-state index contributed by atoms with van der Waals surface area (Å²) in [5, 5.41) is 30.5. The van der Waals surface area contributed by atoms with Gasteiger partial charge in [-0.05, 0) is 29.8 Å². The smallest absolute Gasteiger partial charge is 0.347 e. The van der Waals surface area contributed by atoms with Crippen LogP contribution < -0.4 is 5.63 Å². The summed E-state index contributed by atoms with van der Waals surface area (Å²) in [6.45, 7) is 0. The van der Waals surface area contributed by atoms with E-state index in [0.29, 0.717) is 5.56 Å². The molecule has 2 aromatic carbocycles. The van der Waals surface area contributed by atoms with Crippen molar-refractivity contribution < 1.29 is 19.6 Å². The molecule has 0 radical (unpaired) electrons. The maximum absolute atomic E-state index is 12.0. The van der Waals surface area contributed by atoms with Crippen molar-refractivity contribution in [2.24, 2.45) is 0 Å². The van der Waals surface area contributed by atoms with E-state index in [1.807, 2.05) is 0 Å². The minimum absolute atomic E-state index is 0.0492. The highest BCUT2D eigenvalue weighted by Crippen LogP contribution is 2.34. The molecule has 0 fully saturated rings. The lowest BCUT2D eigenvalue weighted by atomic mass is 10.0. The number of aromatic hydroxyl groups is 2. The van der Waals surface area contributed by atoms with Crippen LogP contribution in [0.1, 0.15) is 0 Å². The van der Waals surface area contributed by atoms with E-state index in [4.69, 9.17) is 4.42 Å². The van der Waals surface area contributed by atoms with E-state index in [1.54, 1.807) is 0 Å². The quantitative estimate of drug-likeness (QED) is 0.427. The highest BCUT2D eigenvalue weighted by molar-refractivity contribution is 5.90. The van der Waals surface area contributed by atoms with Gasteiger partial charge in [0, 0.05) is 18.2 Å². The van der Waals surface area contributed by atoms with Crippen LogP contribution in [0.4, 0.5) is 5.69 Å². The molecule has 0 saturated heterocycles. The van der Waals surface area contributed by atoms with Crippen LogP contribution >= 0.6 is 0 Å². The SMILES string of the molecule is O=c1oc2cc(O)ccc2c(O)c1-c1ccc([N+](=O)[O-])cc1. The van der Waals surface area contributed by atoms with E-state index >= 15 is 0 Å². The Bertz CT molecular complexity index is 943. The fraction of sp³-hybridized carbons (Fsp3) is 0. The number of hydrogen-bond acceptors (Lipinski definition) is 6. The first kappa shape index (κ1) is 13.6. The summed E-state index contributed by atoms with van der Waals surface area (Å²) < 4.78 is 5.08. The third-order valence-electron chi connectivity index (χ3n) is 3.23. The van der Waals surface area contributed by atoms with Gasteiger partial charge >= 0.3 is 5.63 Å². The summed E-state index contributed by atoms with van der Waals surface area (Å²) in [5.41, 5.74) is -0.670. The molecule has 110 valence electrons. The lowest BCUT2D eigenvalue weighted by Gasteiger charge is -2.06. The number of fused-ring (bicyclic) bond motifs is 1. The molecule has 22 heavy (non-hydrogen) atoms. The molecule has 0 aliphatic rings. The first-order valence-electron chi connectivity index (χ1n) is 6.21. The van der Waals surface area contributed by atoms with E-state index in [0.717, 1.165) is 0 Å². The lowest BCUT2D eigenvalue weighted by Crippen LogP contribution is -2.03. The topological polar surface area (TPSA) is 114 Å². The van der Waals surface area contributed by atoms with Gasteiger partial charge in [-0.15, -0.1) is 0 Å². The molecule has 1 aromatic heterocycles. The van der Waals surface area contributed by atoms with Crippen molar-refractivity contribution in [1.82, 2.24) is 0 Å². The standard InChI is InChI=1S/C15H9NO6/c17-10-5-6-11-12(7-10)22-15(19)13(14(11)18)8-1-3-9(4-2-8)16(20)21/h1-7,17-18H. The summed E-state index contributed by atoms with van der Waals surface area (Å²) in [4.78, 5) is 22.1. The number of phenolic OH excluding ortho intramolecular Hbond substituents is 1. The monoisotopic (exact) mass is 299 g/mol. The predicted molar refractivity (Wildman–Crippen MR) is 77.9 cm³/mol. The number of nitro groups is 1. The average Bonchev–Trinajstić information content (AvgIpc) is 2.47. The van der Waals surface area contributed by atoms with E-state index in [1.165, 1.54) is 42.5 Å². The van der Waals surface area contributed by atoms with Gasteiger partial charge in [-0.2, -0.15) is 0 Å². The molecule has 0 saturated carbocycles. The Balaban J connectivity index is 2.24. The van der Waals surface area contributed by atoms with E-state index in [-0.39, 0.29) is 33.7 Å². The van der Waals surface area contributed by atoms with Gasteiger partial charge < -0.3 is 14.6 Å². The van der Waals surface area contributed by atoms with Crippen LogP contribution in [-0.4, -0.2) is 15.1 Å². The third kappa shape index (κ3) is 2.14. The number of non-ortho nitro benzene ring substituents is 1. The second kappa shape index (κ2) is 4.88. The molecule has 0 unspecified atom stereocenters. The minimum atomic E-state index is -0.801. The largest absolute Gasteiger partial charge is 0.508 e. The summed E-state index contributed by atoms with van der Waals surface area (Å²) >= 11 is 0. The van der Waals surface area contributed by atoms with Crippen molar-refractivity contribution in [3.8, 4) is 22.6 Å². The van der Waals surface area contributed by atoms with Gasteiger partial charge in [-0.1, -0.05) is 0 Å². The van der Waals surface area contributed by atoms with Crippen molar-refractivity contribution in [3.05, 3.63) is 63.0 Å². The fourth-order valence-corrected chi connectivity index (χ4v) is 2.18. The molecule has 0 bridgehead atoms. The molecule has 1 heterocycles. The Morgan fingerprint density at radius 3 is 2.36 bits per heavy atom. The highest BCUT2D eigenvalue weighted by Gasteiger charge is 2.17. The van der Waals surface area contributed by atoms with E-state index < -0.39 is 10.5 Å². The summed E-state index contributed by atoms with van der Waals surface area (Å²) in [5.74, 6) is -0.404. The molecular formula is C15H9NO6. The number of nitro benzene ring substituents is 1. The number of phenols is 1. The van der Waals surface area contributed by atoms with Crippen molar-refractivity contribution >= 4 is 16.7 Å².